The third kappa shape index (κ3) is 2.44. The van der Waals surface area contributed by atoms with Crippen LogP contribution in [-0.2, 0) is 0 Å². The Labute approximate surface area is 102 Å². The minimum atomic E-state index is 0.331. The van der Waals surface area contributed by atoms with Gasteiger partial charge in [-0.1, -0.05) is 0 Å². The highest BCUT2D eigenvalue weighted by molar-refractivity contribution is 5.74. The quantitative estimate of drug-likeness (QED) is 0.818. The zero-order valence-electron chi connectivity index (χ0n) is 10.6. The Hall–Kier alpha value is -1.49. The molecule has 17 heavy (non-hydrogen) atoms. The molecule has 0 amide bonds. The number of nitrogens with two attached hydrogens (primary N) is 1. The van der Waals surface area contributed by atoms with Crippen LogP contribution in [0.5, 0.6) is 5.88 Å². The van der Waals surface area contributed by atoms with Gasteiger partial charge in [-0.3, -0.25) is 0 Å². The molecule has 3 N–H and O–H groups in total. The van der Waals surface area contributed by atoms with Crippen molar-refractivity contribution in [2.45, 2.75) is 24.9 Å². The van der Waals surface area contributed by atoms with Gasteiger partial charge in [0.2, 0.25) is 5.88 Å². The second kappa shape index (κ2) is 4.79. The maximum Gasteiger partial charge on any atom is 0.239 e. The molecule has 94 valence electrons. The zero-order chi connectivity index (χ0) is 12.4. The lowest BCUT2D eigenvalue weighted by atomic mass is 9.87. The Kier molecular flexibility index (Phi) is 3.38. The zero-order valence-corrected chi connectivity index (χ0v) is 10.6. The summed E-state index contributed by atoms with van der Waals surface area (Å²) in [5, 5.41) is 3.47. The van der Waals surface area contributed by atoms with Gasteiger partial charge in [0.1, 0.15) is 5.69 Å². The molecule has 1 aromatic rings. The van der Waals surface area contributed by atoms with Gasteiger partial charge < -0.3 is 20.7 Å². The third-order valence-electron chi connectivity index (χ3n) is 3.09. The fourth-order valence-electron chi connectivity index (χ4n) is 2.08. The van der Waals surface area contributed by atoms with Crippen molar-refractivity contribution in [1.82, 2.24) is 4.98 Å². The first-order valence-electron chi connectivity index (χ1n) is 5.84. The standard InChI is InChI=1S/C12H20N4O/c1-16(2)10-4-5-14-12(17-3)11(10)15-9-6-8(13)7-9/h4-5,8-9,15H,6-7,13H2,1-3H3. The maximum absolute atomic E-state index is 5.79. The first kappa shape index (κ1) is 12.0. The van der Waals surface area contributed by atoms with Crippen LogP contribution in [0.1, 0.15) is 12.8 Å². The van der Waals surface area contributed by atoms with Crippen molar-refractivity contribution < 1.29 is 4.74 Å². The molecule has 1 aliphatic carbocycles. The number of nitrogens with zero attached hydrogens (tertiary/aromatic N) is 2. The molecule has 5 heteroatoms. The largest absolute Gasteiger partial charge is 0.479 e. The number of rotatable bonds is 4. The van der Waals surface area contributed by atoms with Crippen molar-refractivity contribution in [1.29, 1.82) is 0 Å². The third-order valence-corrected chi connectivity index (χ3v) is 3.09. The Morgan fingerprint density at radius 3 is 2.71 bits per heavy atom. The van der Waals surface area contributed by atoms with E-state index in [0.29, 0.717) is 18.0 Å². The second-order valence-electron chi connectivity index (χ2n) is 4.68. The molecule has 0 aromatic carbocycles. The summed E-state index contributed by atoms with van der Waals surface area (Å²) in [5.74, 6) is 0.636. The summed E-state index contributed by atoms with van der Waals surface area (Å²) in [4.78, 5) is 6.27. The first-order valence-corrected chi connectivity index (χ1v) is 5.84. The van der Waals surface area contributed by atoms with Crippen LogP contribution < -0.4 is 20.7 Å². The van der Waals surface area contributed by atoms with Gasteiger partial charge in [-0.2, -0.15) is 0 Å². The van der Waals surface area contributed by atoms with E-state index >= 15 is 0 Å². The highest BCUT2D eigenvalue weighted by Crippen LogP contribution is 2.35. The van der Waals surface area contributed by atoms with Crippen molar-refractivity contribution in [2.24, 2.45) is 5.73 Å². The van der Waals surface area contributed by atoms with E-state index in [9.17, 15) is 0 Å². The van der Waals surface area contributed by atoms with Crippen molar-refractivity contribution >= 4 is 11.4 Å². The van der Waals surface area contributed by atoms with E-state index < -0.39 is 0 Å². The Morgan fingerprint density at radius 1 is 1.47 bits per heavy atom. The number of pyridine rings is 1. The smallest absolute Gasteiger partial charge is 0.239 e. The van der Waals surface area contributed by atoms with Crippen LogP contribution >= 0.6 is 0 Å². The lowest BCUT2D eigenvalue weighted by Crippen LogP contribution is -2.44. The van der Waals surface area contributed by atoms with Crippen LogP contribution in [-0.4, -0.2) is 38.3 Å². The van der Waals surface area contributed by atoms with Crippen LogP contribution in [0.2, 0.25) is 0 Å². The molecule has 0 atom stereocenters. The molecule has 1 saturated carbocycles. The summed E-state index contributed by atoms with van der Waals surface area (Å²) in [7, 11) is 5.65. The fraction of sp³-hybridized carbons (Fsp3) is 0.583. The first-order chi connectivity index (χ1) is 8.11. The van der Waals surface area contributed by atoms with Gasteiger partial charge in [0.25, 0.3) is 0 Å². The van der Waals surface area contributed by atoms with Crippen molar-refractivity contribution in [3.63, 3.8) is 0 Å². The molecule has 0 radical (unpaired) electrons. The molecular weight excluding hydrogens is 216 g/mol. The van der Waals surface area contributed by atoms with Gasteiger partial charge in [-0.05, 0) is 18.9 Å². The van der Waals surface area contributed by atoms with E-state index in [4.69, 9.17) is 10.5 Å². The van der Waals surface area contributed by atoms with E-state index in [0.717, 1.165) is 24.2 Å². The molecule has 1 fully saturated rings. The molecule has 0 unspecified atom stereocenters. The van der Waals surface area contributed by atoms with Gasteiger partial charge >= 0.3 is 0 Å². The van der Waals surface area contributed by atoms with Crippen LogP contribution in [0.15, 0.2) is 12.3 Å². The normalized spacial score (nSPS) is 22.8. The number of nitrogens with one attached hydrogen (secondary N) is 1. The number of hydrogen-bond donors (Lipinski definition) is 2. The SMILES string of the molecule is COc1nccc(N(C)C)c1NC1CC(N)C1. The summed E-state index contributed by atoms with van der Waals surface area (Å²) < 4.78 is 5.30. The van der Waals surface area contributed by atoms with Crippen LogP contribution in [0, 0.1) is 0 Å². The molecule has 2 rings (SSSR count). The number of methoxy groups -OCH3 is 1. The molecule has 1 heterocycles. The van der Waals surface area contributed by atoms with Crippen molar-refractivity contribution in [3.05, 3.63) is 12.3 Å². The average Bonchev–Trinajstić information content (AvgIpc) is 2.26. The van der Waals surface area contributed by atoms with Crippen molar-refractivity contribution in [2.75, 3.05) is 31.4 Å². The fourth-order valence-corrected chi connectivity index (χ4v) is 2.08. The monoisotopic (exact) mass is 236 g/mol. The topological polar surface area (TPSA) is 63.4 Å². The van der Waals surface area contributed by atoms with E-state index in [1.54, 1.807) is 13.3 Å². The van der Waals surface area contributed by atoms with Crippen LogP contribution in [0.4, 0.5) is 11.4 Å². The summed E-state index contributed by atoms with van der Waals surface area (Å²) >= 11 is 0. The van der Waals surface area contributed by atoms with E-state index in [1.807, 2.05) is 25.1 Å². The van der Waals surface area contributed by atoms with E-state index in [2.05, 4.69) is 10.3 Å². The van der Waals surface area contributed by atoms with Gasteiger partial charge in [0.05, 0.1) is 12.8 Å². The number of hydrogen-bond acceptors (Lipinski definition) is 5. The predicted molar refractivity (Wildman–Crippen MR) is 69.7 cm³/mol. The lowest BCUT2D eigenvalue weighted by Gasteiger charge is -2.35. The summed E-state index contributed by atoms with van der Waals surface area (Å²) in [6.45, 7) is 0. The number of anilines is 2. The highest BCUT2D eigenvalue weighted by atomic mass is 16.5. The number of aromatic nitrogens is 1. The van der Waals surface area contributed by atoms with Gasteiger partial charge in [-0.15, -0.1) is 0 Å². The Bertz CT molecular complexity index is 388. The average molecular weight is 236 g/mol. The molecule has 1 aromatic heterocycles. The predicted octanol–water partition coefficient (Wildman–Crippen LogP) is 1.06. The summed E-state index contributed by atoms with van der Waals surface area (Å²) in [5.41, 5.74) is 7.83. The van der Waals surface area contributed by atoms with Gasteiger partial charge in [-0.25, -0.2) is 4.98 Å². The molecule has 5 nitrogen and oxygen atoms in total. The molecule has 0 bridgehead atoms. The van der Waals surface area contributed by atoms with Crippen LogP contribution in [0.25, 0.3) is 0 Å². The molecule has 1 aliphatic rings. The summed E-state index contributed by atoms with van der Waals surface area (Å²) in [6, 6.07) is 2.74. The van der Waals surface area contributed by atoms with E-state index in [1.165, 1.54) is 0 Å². The summed E-state index contributed by atoms with van der Waals surface area (Å²) in [6.07, 6.45) is 3.77. The molecule has 0 saturated heterocycles. The van der Waals surface area contributed by atoms with Gasteiger partial charge in [0, 0.05) is 32.4 Å². The molecule has 0 spiro atoms. The van der Waals surface area contributed by atoms with Gasteiger partial charge in [0.15, 0.2) is 0 Å². The lowest BCUT2D eigenvalue weighted by molar-refractivity contribution is 0.367. The van der Waals surface area contributed by atoms with E-state index in [-0.39, 0.29) is 0 Å². The van der Waals surface area contributed by atoms with Crippen LogP contribution in [0.3, 0.4) is 0 Å². The molecular formula is C12H20N4O. The Morgan fingerprint density at radius 2 is 2.18 bits per heavy atom. The molecule has 0 aliphatic heterocycles. The second-order valence-corrected chi connectivity index (χ2v) is 4.68. The Balaban J connectivity index is 2.22. The van der Waals surface area contributed by atoms with Crippen molar-refractivity contribution in [3.8, 4) is 5.88 Å². The minimum Gasteiger partial charge on any atom is -0.479 e. The minimum absolute atomic E-state index is 0.331. The number of ether oxygens (including phenoxy) is 1. The highest BCUT2D eigenvalue weighted by Gasteiger charge is 2.27. The maximum atomic E-state index is 5.79.